The van der Waals surface area contributed by atoms with E-state index in [0.29, 0.717) is 12.8 Å². The molecule has 6 heteroatoms. The minimum atomic E-state index is -0.778. The van der Waals surface area contributed by atoms with Gasteiger partial charge in [-0.15, -0.1) is 0 Å². The summed E-state index contributed by atoms with van der Waals surface area (Å²) in [5, 5.41) is 14.9. The fourth-order valence-electron chi connectivity index (χ4n) is 2.78. The molecule has 1 fully saturated rings. The lowest BCUT2D eigenvalue weighted by Gasteiger charge is -2.31. The smallest absolute Gasteiger partial charge is 0.258 e. The number of carbonyl (C=O) groups excluding carboxylic acids is 2. The third kappa shape index (κ3) is 3.32. The number of hydrogen-bond acceptors (Lipinski definition) is 3. The van der Waals surface area contributed by atoms with E-state index in [0.717, 1.165) is 18.9 Å². The Labute approximate surface area is 122 Å². The minimum absolute atomic E-state index is 0.127. The molecule has 2 atom stereocenters. The molecule has 21 heavy (non-hydrogen) atoms. The number of phenolic OH excluding ortho intramolecular Hbond substituents is 1. The first-order chi connectivity index (χ1) is 10.0. The summed E-state index contributed by atoms with van der Waals surface area (Å²) < 4.78 is 13.7. The molecule has 2 rings (SSSR count). The number of nitrogens with one attached hydrogen (secondary N) is 2. The second-order valence-electron chi connectivity index (χ2n) is 5.22. The maximum absolute atomic E-state index is 13.7. The summed E-state index contributed by atoms with van der Waals surface area (Å²) >= 11 is 0. The van der Waals surface area contributed by atoms with E-state index < -0.39 is 17.5 Å². The summed E-state index contributed by atoms with van der Waals surface area (Å²) in [6.07, 6.45) is 3.18. The summed E-state index contributed by atoms with van der Waals surface area (Å²) in [7, 11) is 1.55. The molecule has 1 aromatic carbocycles. The molecule has 0 aliphatic heterocycles. The molecule has 0 saturated heterocycles. The normalized spacial score (nSPS) is 21.6. The van der Waals surface area contributed by atoms with Crippen LogP contribution in [0.3, 0.4) is 0 Å². The van der Waals surface area contributed by atoms with Crippen molar-refractivity contribution in [3.63, 3.8) is 0 Å². The van der Waals surface area contributed by atoms with Gasteiger partial charge in [-0.25, -0.2) is 4.39 Å². The number of rotatable bonds is 3. The molecule has 3 N–H and O–H groups in total. The molecule has 114 valence electrons. The van der Waals surface area contributed by atoms with Crippen LogP contribution in [0.1, 0.15) is 36.0 Å². The third-order valence-corrected chi connectivity index (χ3v) is 3.88. The predicted molar refractivity (Wildman–Crippen MR) is 75.3 cm³/mol. The van der Waals surface area contributed by atoms with E-state index in [1.807, 2.05) is 0 Å². The third-order valence-electron chi connectivity index (χ3n) is 3.88. The first-order valence-corrected chi connectivity index (χ1v) is 7.04. The average molecular weight is 294 g/mol. The molecule has 0 heterocycles. The number of halogens is 1. The van der Waals surface area contributed by atoms with Gasteiger partial charge in [-0.1, -0.05) is 18.9 Å². The zero-order chi connectivity index (χ0) is 15.4. The summed E-state index contributed by atoms with van der Waals surface area (Å²) in [6, 6.07) is 3.36. The van der Waals surface area contributed by atoms with Crippen LogP contribution in [-0.2, 0) is 4.79 Å². The Balaban J connectivity index is 2.15. The Morgan fingerprint density at radius 3 is 2.67 bits per heavy atom. The summed E-state index contributed by atoms with van der Waals surface area (Å²) in [6.45, 7) is 0. The van der Waals surface area contributed by atoms with Crippen molar-refractivity contribution >= 4 is 11.8 Å². The van der Waals surface area contributed by atoms with Crippen LogP contribution in [-0.4, -0.2) is 30.0 Å². The van der Waals surface area contributed by atoms with Crippen molar-refractivity contribution < 1.29 is 19.1 Å². The van der Waals surface area contributed by atoms with E-state index in [1.54, 1.807) is 7.05 Å². The molecule has 0 bridgehead atoms. The highest BCUT2D eigenvalue weighted by atomic mass is 19.1. The molecule has 1 saturated carbocycles. The van der Waals surface area contributed by atoms with E-state index in [4.69, 9.17) is 0 Å². The van der Waals surface area contributed by atoms with Gasteiger partial charge in [0, 0.05) is 13.1 Å². The molecule has 2 amide bonds. The largest absolute Gasteiger partial charge is 0.507 e. The van der Waals surface area contributed by atoms with E-state index in [9.17, 15) is 19.1 Å². The zero-order valence-electron chi connectivity index (χ0n) is 11.9. The SMILES string of the molecule is CNC(=O)C1CCCCC1NC(=O)c1c(O)cccc1F. The second-order valence-corrected chi connectivity index (χ2v) is 5.22. The van der Waals surface area contributed by atoms with E-state index in [2.05, 4.69) is 10.6 Å². The number of carbonyl (C=O) groups is 2. The van der Waals surface area contributed by atoms with Gasteiger partial charge >= 0.3 is 0 Å². The van der Waals surface area contributed by atoms with Crippen LogP contribution >= 0.6 is 0 Å². The van der Waals surface area contributed by atoms with Crippen LogP contribution in [0.4, 0.5) is 4.39 Å². The van der Waals surface area contributed by atoms with Crippen molar-refractivity contribution in [2.24, 2.45) is 5.92 Å². The molecule has 1 aliphatic carbocycles. The highest BCUT2D eigenvalue weighted by Gasteiger charge is 2.32. The Morgan fingerprint density at radius 1 is 1.29 bits per heavy atom. The topological polar surface area (TPSA) is 78.4 Å². The minimum Gasteiger partial charge on any atom is -0.507 e. The number of aromatic hydroxyl groups is 1. The number of amides is 2. The first-order valence-electron chi connectivity index (χ1n) is 7.04. The van der Waals surface area contributed by atoms with Crippen LogP contribution in [0.5, 0.6) is 5.75 Å². The van der Waals surface area contributed by atoms with Gasteiger partial charge in [0.25, 0.3) is 5.91 Å². The monoisotopic (exact) mass is 294 g/mol. The van der Waals surface area contributed by atoms with Crippen LogP contribution in [0.15, 0.2) is 18.2 Å². The summed E-state index contributed by atoms with van der Waals surface area (Å²) in [5.74, 6) is -2.31. The predicted octanol–water partition coefficient (Wildman–Crippen LogP) is 1.57. The van der Waals surface area contributed by atoms with Gasteiger partial charge in [0.05, 0.1) is 5.92 Å². The van der Waals surface area contributed by atoms with Crippen molar-refractivity contribution in [2.75, 3.05) is 7.05 Å². The van der Waals surface area contributed by atoms with Gasteiger partial charge in [-0.3, -0.25) is 9.59 Å². The summed E-state index contributed by atoms with van der Waals surface area (Å²) in [4.78, 5) is 24.0. The molecule has 5 nitrogen and oxygen atoms in total. The Kier molecular flexibility index (Phi) is 4.77. The van der Waals surface area contributed by atoms with Crippen molar-refractivity contribution in [3.05, 3.63) is 29.6 Å². The van der Waals surface area contributed by atoms with Crippen LogP contribution in [0, 0.1) is 11.7 Å². The van der Waals surface area contributed by atoms with Crippen LogP contribution < -0.4 is 10.6 Å². The second kappa shape index (κ2) is 6.56. The van der Waals surface area contributed by atoms with Gasteiger partial charge < -0.3 is 15.7 Å². The Bertz CT molecular complexity index is 527. The van der Waals surface area contributed by atoms with Crippen molar-refractivity contribution in [1.29, 1.82) is 0 Å². The van der Waals surface area contributed by atoms with Gasteiger partial charge in [0.1, 0.15) is 17.1 Å². The molecule has 0 spiro atoms. The van der Waals surface area contributed by atoms with Crippen molar-refractivity contribution in [3.8, 4) is 5.75 Å². The molecule has 1 aromatic rings. The van der Waals surface area contributed by atoms with E-state index in [-0.39, 0.29) is 23.4 Å². The van der Waals surface area contributed by atoms with Crippen LogP contribution in [0.25, 0.3) is 0 Å². The number of benzene rings is 1. The molecular weight excluding hydrogens is 275 g/mol. The number of phenols is 1. The van der Waals surface area contributed by atoms with E-state index >= 15 is 0 Å². The average Bonchev–Trinajstić information content (AvgIpc) is 2.47. The Hall–Kier alpha value is -2.11. The standard InChI is InChI=1S/C15H19FN2O3/c1-17-14(20)9-5-2-3-7-11(9)18-15(21)13-10(16)6-4-8-12(13)19/h4,6,8-9,11,19H,2-3,5,7H2,1H3,(H,17,20)(H,18,21). The maximum atomic E-state index is 13.7. The molecular formula is C15H19FN2O3. The van der Waals surface area contributed by atoms with Gasteiger partial charge in [0.15, 0.2) is 0 Å². The lowest BCUT2D eigenvalue weighted by molar-refractivity contribution is -0.126. The fourth-order valence-corrected chi connectivity index (χ4v) is 2.78. The van der Waals surface area contributed by atoms with Crippen molar-refractivity contribution in [2.45, 2.75) is 31.7 Å². The maximum Gasteiger partial charge on any atom is 0.258 e. The first kappa shape index (κ1) is 15.3. The van der Waals surface area contributed by atoms with Gasteiger partial charge in [-0.05, 0) is 25.0 Å². The van der Waals surface area contributed by atoms with Gasteiger partial charge in [-0.2, -0.15) is 0 Å². The Morgan fingerprint density at radius 2 is 2.00 bits per heavy atom. The fraction of sp³-hybridized carbons (Fsp3) is 0.467. The quantitative estimate of drug-likeness (QED) is 0.791. The molecule has 0 radical (unpaired) electrons. The highest BCUT2D eigenvalue weighted by molar-refractivity contribution is 5.97. The zero-order valence-corrected chi connectivity index (χ0v) is 11.9. The van der Waals surface area contributed by atoms with Crippen molar-refractivity contribution in [1.82, 2.24) is 10.6 Å². The molecule has 1 aliphatic rings. The van der Waals surface area contributed by atoms with Gasteiger partial charge in [0.2, 0.25) is 5.91 Å². The highest BCUT2D eigenvalue weighted by Crippen LogP contribution is 2.26. The molecule has 0 aromatic heterocycles. The lowest BCUT2D eigenvalue weighted by Crippen LogP contribution is -2.47. The van der Waals surface area contributed by atoms with E-state index in [1.165, 1.54) is 12.1 Å². The van der Waals surface area contributed by atoms with Crippen LogP contribution in [0.2, 0.25) is 0 Å². The lowest BCUT2D eigenvalue weighted by atomic mass is 9.83. The summed E-state index contributed by atoms with van der Waals surface area (Å²) in [5.41, 5.74) is -0.376. The molecule has 2 unspecified atom stereocenters. The number of hydrogen-bond donors (Lipinski definition) is 3.